The molecular weight excluding hydrogens is 294 g/mol. The lowest BCUT2D eigenvalue weighted by molar-refractivity contribution is -0.115. The Morgan fingerprint density at radius 2 is 2.06 bits per heavy atom. The number of nitrogens with one attached hydrogen (secondary N) is 1. The van der Waals surface area contributed by atoms with E-state index < -0.39 is 9.84 Å². The molecular formula is C11H14ClNO3S2. The van der Waals surface area contributed by atoms with Crippen LogP contribution in [0.4, 0.5) is 5.69 Å². The van der Waals surface area contributed by atoms with Crippen molar-refractivity contribution < 1.29 is 13.2 Å². The predicted molar refractivity (Wildman–Crippen MR) is 76.2 cm³/mol. The van der Waals surface area contributed by atoms with Crippen molar-refractivity contribution >= 4 is 44.8 Å². The molecule has 1 N–H and O–H groups in total. The van der Waals surface area contributed by atoms with E-state index >= 15 is 0 Å². The SMILES string of the molecule is CSC(C)C(=O)Nc1cc(S(C)(=O)=O)ccc1Cl. The summed E-state index contributed by atoms with van der Waals surface area (Å²) in [4.78, 5) is 11.8. The van der Waals surface area contributed by atoms with E-state index in [0.717, 1.165) is 6.26 Å². The number of sulfone groups is 1. The van der Waals surface area contributed by atoms with Gasteiger partial charge in [-0.05, 0) is 31.4 Å². The summed E-state index contributed by atoms with van der Waals surface area (Å²) in [6, 6.07) is 4.23. The lowest BCUT2D eigenvalue weighted by Gasteiger charge is -2.12. The molecule has 1 aromatic rings. The van der Waals surface area contributed by atoms with Crippen LogP contribution in [0.25, 0.3) is 0 Å². The highest BCUT2D eigenvalue weighted by molar-refractivity contribution is 7.99. The van der Waals surface area contributed by atoms with Gasteiger partial charge < -0.3 is 5.32 Å². The molecule has 0 aromatic heterocycles. The minimum absolute atomic E-state index is 0.124. The Labute approximate surface area is 116 Å². The van der Waals surface area contributed by atoms with Gasteiger partial charge in [-0.3, -0.25) is 4.79 Å². The van der Waals surface area contributed by atoms with Gasteiger partial charge in [0.2, 0.25) is 5.91 Å². The van der Waals surface area contributed by atoms with Gasteiger partial charge in [0, 0.05) is 6.26 Å². The third-order valence-corrected chi connectivity index (χ3v) is 4.71. The number of carbonyl (C=O) groups excluding carboxylic acids is 1. The molecule has 100 valence electrons. The van der Waals surface area contributed by atoms with Gasteiger partial charge in [0.1, 0.15) is 0 Å². The average Bonchev–Trinajstić information content (AvgIpc) is 2.29. The average molecular weight is 308 g/mol. The molecule has 0 radical (unpaired) electrons. The molecule has 18 heavy (non-hydrogen) atoms. The molecule has 1 rings (SSSR count). The first-order valence-electron chi connectivity index (χ1n) is 5.09. The molecule has 0 saturated heterocycles. The van der Waals surface area contributed by atoms with Crippen LogP contribution in [0.15, 0.2) is 23.1 Å². The van der Waals surface area contributed by atoms with Crippen LogP contribution in [0.2, 0.25) is 5.02 Å². The zero-order valence-electron chi connectivity index (χ0n) is 10.2. The summed E-state index contributed by atoms with van der Waals surface area (Å²) in [5.41, 5.74) is 0.311. The number of amides is 1. The second kappa shape index (κ2) is 5.95. The van der Waals surface area contributed by atoms with E-state index in [0.29, 0.717) is 10.7 Å². The summed E-state index contributed by atoms with van der Waals surface area (Å²) < 4.78 is 22.8. The van der Waals surface area contributed by atoms with Crippen molar-refractivity contribution in [1.29, 1.82) is 0 Å². The van der Waals surface area contributed by atoms with Crippen LogP contribution in [0.1, 0.15) is 6.92 Å². The Morgan fingerprint density at radius 1 is 1.44 bits per heavy atom. The van der Waals surface area contributed by atoms with Gasteiger partial charge in [-0.1, -0.05) is 11.6 Å². The summed E-state index contributed by atoms with van der Waals surface area (Å²) in [5.74, 6) is -0.213. The Hall–Kier alpha value is -0.720. The third-order valence-electron chi connectivity index (χ3n) is 2.35. The standard InChI is InChI=1S/C11H14ClNO3S2/c1-7(17-2)11(14)13-10-6-8(18(3,15)16)4-5-9(10)12/h4-7H,1-3H3,(H,13,14). The van der Waals surface area contributed by atoms with Gasteiger partial charge >= 0.3 is 0 Å². The number of benzene rings is 1. The van der Waals surface area contributed by atoms with E-state index in [9.17, 15) is 13.2 Å². The summed E-state index contributed by atoms with van der Waals surface area (Å²) in [7, 11) is -3.32. The van der Waals surface area contributed by atoms with Crippen molar-refractivity contribution in [3.05, 3.63) is 23.2 Å². The molecule has 0 bridgehead atoms. The fourth-order valence-electron chi connectivity index (χ4n) is 1.17. The molecule has 1 aromatic carbocycles. The van der Waals surface area contributed by atoms with Crippen LogP contribution < -0.4 is 5.32 Å². The Morgan fingerprint density at radius 3 is 2.56 bits per heavy atom. The molecule has 0 aliphatic heterocycles. The van der Waals surface area contributed by atoms with Gasteiger partial charge in [-0.15, -0.1) is 0 Å². The quantitative estimate of drug-likeness (QED) is 0.928. The first-order chi connectivity index (χ1) is 8.25. The highest BCUT2D eigenvalue weighted by atomic mass is 35.5. The van der Waals surface area contributed by atoms with Crippen molar-refractivity contribution in [2.45, 2.75) is 17.1 Å². The molecule has 0 aliphatic rings. The highest BCUT2D eigenvalue weighted by Gasteiger charge is 2.15. The number of carbonyl (C=O) groups is 1. The van der Waals surface area contributed by atoms with Crippen molar-refractivity contribution in [3.63, 3.8) is 0 Å². The van der Waals surface area contributed by atoms with Crippen molar-refractivity contribution in [2.75, 3.05) is 17.8 Å². The number of anilines is 1. The fraction of sp³-hybridized carbons (Fsp3) is 0.364. The molecule has 0 saturated carbocycles. The van der Waals surface area contributed by atoms with Crippen LogP contribution in [0.3, 0.4) is 0 Å². The van der Waals surface area contributed by atoms with Crippen LogP contribution in [0.5, 0.6) is 0 Å². The van der Waals surface area contributed by atoms with Crippen molar-refractivity contribution in [2.24, 2.45) is 0 Å². The first kappa shape index (κ1) is 15.3. The molecule has 1 atom stereocenters. The third kappa shape index (κ3) is 3.90. The maximum Gasteiger partial charge on any atom is 0.237 e. The molecule has 0 spiro atoms. The lowest BCUT2D eigenvalue weighted by Crippen LogP contribution is -2.22. The van der Waals surface area contributed by atoms with Gasteiger partial charge in [-0.25, -0.2) is 8.42 Å². The highest BCUT2D eigenvalue weighted by Crippen LogP contribution is 2.26. The van der Waals surface area contributed by atoms with E-state index in [4.69, 9.17) is 11.6 Å². The van der Waals surface area contributed by atoms with E-state index in [-0.39, 0.29) is 16.1 Å². The fourth-order valence-corrected chi connectivity index (χ4v) is 2.26. The van der Waals surface area contributed by atoms with Gasteiger partial charge in [0.05, 0.1) is 20.9 Å². The second-order valence-corrected chi connectivity index (χ2v) is 7.38. The smallest absolute Gasteiger partial charge is 0.237 e. The Kier molecular flexibility index (Phi) is 5.07. The zero-order chi connectivity index (χ0) is 13.9. The number of hydrogen-bond acceptors (Lipinski definition) is 4. The number of hydrogen-bond donors (Lipinski definition) is 1. The van der Waals surface area contributed by atoms with Crippen LogP contribution >= 0.6 is 23.4 Å². The summed E-state index contributed by atoms with van der Waals surface area (Å²) in [5, 5.41) is 2.69. The maximum absolute atomic E-state index is 11.7. The number of halogens is 1. The molecule has 0 fully saturated rings. The molecule has 7 heteroatoms. The Balaban J connectivity index is 3.06. The van der Waals surface area contributed by atoms with E-state index in [1.807, 2.05) is 6.26 Å². The number of rotatable bonds is 4. The second-order valence-electron chi connectivity index (χ2n) is 3.78. The monoisotopic (exact) mass is 307 g/mol. The largest absolute Gasteiger partial charge is 0.324 e. The van der Waals surface area contributed by atoms with Crippen LogP contribution in [-0.4, -0.2) is 32.1 Å². The Bertz CT molecular complexity index is 557. The van der Waals surface area contributed by atoms with Gasteiger partial charge in [0.25, 0.3) is 0 Å². The van der Waals surface area contributed by atoms with Gasteiger partial charge in [-0.2, -0.15) is 11.8 Å². The van der Waals surface area contributed by atoms with Gasteiger partial charge in [0.15, 0.2) is 9.84 Å². The molecule has 0 aliphatic carbocycles. The summed E-state index contributed by atoms with van der Waals surface area (Å²) >= 11 is 7.32. The minimum atomic E-state index is -3.32. The lowest BCUT2D eigenvalue weighted by atomic mass is 10.3. The topological polar surface area (TPSA) is 63.2 Å². The minimum Gasteiger partial charge on any atom is -0.324 e. The van der Waals surface area contributed by atoms with E-state index in [1.54, 1.807) is 6.92 Å². The normalized spacial score (nSPS) is 13.1. The summed E-state index contributed by atoms with van der Waals surface area (Å²) in [6.07, 6.45) is 2.92. The van der Waals surface area contributed by atoms with Crippen LogP contribution in [0, 0.1) is 0 Å². The predicted octanol–water partition coefficient (Wildman–Crippen LogP) is 2.43. The maximum atomic E-state index is 11.7. The molecule has 0 heterocycles. The van der Waals surface area contributed by atoms with Crippen molar-refractivity contribution in [1.82, 2.24) is 0 Å². The first-order valence-corrected chi connectivity index (χ1v) is 8.64. The molecule has 1 unspecified atom stereocenters. The summed E-state index contributed by atoms with van der Waals surface area (Å²) in [6.45, 7) is 1.76. The molecule has 4 nitrogen and oxygen atoms in total. The van der Waals surface area contributed by atoms with E-state index in [1.165, 1.54) is 30.0 Å². The zero-order valence-corrected chi connectivity index (χ0v) is 12.6. The van der Waals surface area contributed by atoms with E-state index in [2.05, 4.69) is 5.32 Å². The van der Waals surface area contributed by atoms with Crippen molar-refractivity contribution in [3.8, 4) is 0 Å². The number of thioether (sulfide) groups is 1. The van der Waals surface area contributed by atoms with Crippen LogP contribution in [-0.2, 0) is 14.6 Å². The molecule has 1 amide bonds.